The Hall–Kier alpha value is -4.09. The number of fused-ring (bicyclic) bond motifs is 2. The molecule has 5 heteroatoms. The Balaban J connectivity index is 1.37. The zero-order valence-corrected chi connectivity index (χ0v) is 24.0. The zero-order valence-electron chi connectivity index (χ0n) is 24.0. The maximum atomic E-state index is 13.0. The molecule has 5 aromatic rings. The lowest BCUT2D eigenvalue weighted by Gasteiger charge is -2.30. The third-order valence-corrected chi connectivity index (χ3v) is 8.62. The van der Waals surface area contributed by atoms with Crippen molar-refractivity contribution < 1.29 is 14.6 Å². The summed E-state index contributed by atoms with van der Waals surface area (Å²) in [4.78, 5) is 15.4. The van der Waals surface area contributed by atoms with E-state index in [2.05, 4.69) is 79.4 Å². The van der Waals surface area contributed by atoms with E-state index in [0.29, 0.717) is 31.8 Å². The third-order valence-electron chi connectivity index (χ3n) is 8.62. The average molecular weight is 547 g/mol. The van der Waals surface area contributed by atoms with Crippen molar-refractivity contribution in [2.75, 3.05) is 19.7 Å². The number of carboxylic acids is 1. The van der Waals surface area contributed by atoms with Gasteiger partial charge in [0.05, 0.1) is 6.61 Å². The van der Waals surface area contributed by atoms with Crippen LogP contribution in [0, 0.1) is 12.8 Å². The Labute approximate surface area is 242 Å². The van der Waals surface area contributed by atoms with Crippen LogP contribution in [-0.2, 0) is 13.1 Å². The topological polar surface area (TPSA) is 54.7 Å². The zero-order chi connectivity index (χ0) is 28.3. The second-order valence-electron chi connectivity index (χ2n) is 11.4. The second-order valence-corrected chi connectivity index (χ2v) is 11.4. The van der Waals surface area contributed by atoms with Crippen LogP contribution >= 0.6 is 0 Å². The summed E-state index contributed by atoms with van der Waals surface area (Å²) in [6.45, 7) is 8.15. The average Bonchev–Trinajstić information content (AvgIpc) is 3.30. The maximum Gasteiger partial charge on any atom is 0.352 e. The van der Waals surface area contributed by atoms with Crippen LogP contribution in [0.2, 0.25) is 0 Å². The molecule has 0 unspecified atom stereocenters. The molecule has 6 rings (SSSR count). The van der Waals surface area contributed by atoms with Gasteiger partial charge in [0, 0.05) is 34.9 Å². The lowest BCUT2D eigenvalue weighted by atomic mass is 9.94. The van der Waals surface area contributed by atoms with Gasteiger partial charge in [0.15, 0.2) is 0 Å². The molecule has 210 valence electrons. The summed E-state index contributed by atoms with van der Waals surface area (Å²) < 4.78 is 8.25. The van der Waals surface area contributed by atoms with Gasteiger partial charge in [-0.05, 0) is 79.4 Å². The minimum Gasteiger partial charge on any atom is -0.493 e. The number of hydrogen-bond donors (Lipinski definition) is 1. The molecule has 0 bridgehead atoms. The highest BCUT2D eigenvalue weighted by molar-refractivity contribution is 6.05. The fraction of sp³-hybridized carbons (Fsp3) is 0.306. The van der Waals surface area contributed by atoms with E-state index in [-0.39, 0.29) is 0 Å². The maximum absolute atomic E-state index is 13.0. The van der Waals surface area contributed by atoms with Crippen molar-refractivity contribution >= 4 is 27.6 Å². The van der Waals surface area contributed by atoms with Crippen LogP contribution < -0.4 is 4.74 Å². The lowest BCUT2D eigenvalue weighted by molar-refractivity contribution is 0.0681. The minimum absolute atomic E-state index is 0.407. The van der Waals surface area contributed by atoms with Gasteiger partial charge in [-0.3, -0.25) is 4.90 Å². The Morgan fingerprint density at radius 2 is 1.61 bits per heavy atom. The van der Waals surface area contributed by atoms with Gasteiger partial charge in [-0.25, -0.2) is 4.79 Å². The molecule has 0 amide bonds. The van der Waals surface area contributed by atoms with Gasteiger partial charge in [-0.15, -0.1) is 0 Å². The van der Waals surface area contributed by atoms with Crippen LogP contribution in [0.5, 0.6) is 5.75 Å². The van der Waals surface area contributed by atoms with Crippen molar-refractivity contribution in [2.24, 2.45) is 5.92 Å². The lowest BCUT2D eigenvalue weighted by Crippen LogP contribution is -2.32. The number of ether oxygens (including phenoxy) is 1. The van der Waals surface area contributed by atoms with Crippen molar-refractivity contribution in [3.05, 3.63) is 102 Å². The molecule has 0 saturated carbocycles. The first kappa shape index (κ1) is 27.1. The molecule has 5 nitrogen and oxygen atoms in total. The standard InChI is InChI=1S/C36H38N2O3/c1-25-18-21-37(22-19-25)24-31-34-30(28-13-5-3-10-26(28)2)15-8-16-32(34)38(35(31)36(39)40)20-9-23-41-33-17-7-12-27-11-4-6-14-29(27)33/h3-8,10-17,25H,9,18-24H2,1-2H3,(H,39,40). The number of rotatable bonds is 9. The van der Waals surface area contributed by atoms with E-state index in [1.54, 1.807) is 0 Å². The van der Waals surface area contributed by atoms with E-state index >= 15 is 0 Å². The molecule has 2 heterocycles. The van der Waals surface area contributed by atoms with Gasteiger partial charge in [-0.2, -0.15) is 0 Å². The molecule has 0 spiro atoms. The van der Waals surface area contributed by atoms with Crippen molar-refractivity contribution in [1.82, 2.24) is 9.47 Å². The highest BCUT2D eigenvalue weighted by Gasteiger charge is 2.27. The van der Waals surface area contributed by atoms with Crippen LogP contribution in [0.1, 0.15) is 47.8 Å². The van der Waals surface area contributed by atoms with E-state index in [9.17, 15) is 9.90 Å². The van der Waals surface area contributed by atoms with Crippen molar-refractivity contribution in [2.45, 2.75) is 46.2 Å². The summed E-state index contributed by atoms with van der Waals surface area (Å²) in [5.41, 5.74) is 5.76. The molecule has 0 aliphatic carbocycles. The third kappa shape index (κ3) is 5.47. The molecule has 1 aromatic heterocycles. The second kappa shape index (κ2) is 11.8. The summed E-state index contributed by atoms with van der Waals surface area (Å²) in [6.07, 6.45) is 3.00. The quantitative estimate of drug-likeness (QED) is 0.190. The number of carbonyl (C=O) groups is 1. The fourth-order valence-corrected chi connectivity index (χ4v) is 6.38. The van der Waals surface area contributed by atoms with Gasteiger partial charge >= 0.3 is 5.97 Å². The summed E-state index contributed by atoms with van der Waals surface area (Å²) >= 11 is 0. The first-order valence-electron chi connectivity index (χ1n) is 14.8. The molecule has 1 aliphatic heterocycles. The number of aromatic nitrogens is 1. The summed E-state index contributed by atoms with van der Waals surface area (Å²) in [7, 11) is 0. The minimum atomic E-state index is -0.868. The number of likely N-dealkylation sites (tertiary alicyclic amines) is 1. The molecule has 1 N–H and O–H groups in total. The number of benzene rings is 4. The fourth-order valence-electron chi connectivity index (χ4n) is 6.38. The largest absolute Gasteiger partial charge is 0.493 e. The highest BCUT2D eigenvalue weighted by atomic mass is 16.5. The van der Waals surface area contributed by atoms with E-state index in [1.165, 1.54) is 5.56 Å². The first-order valence-corrected chi connectivity index (χ1v) is 14.8. The molecule has 0 radical (unpaired) electrons. The molecular weight excluding hydrogens is 508 g/mol. The number of carboxylic acid groups (broad SMARTS) is 1. The van der Waals surface area contributed by atoms with Gasteiger partial charge < -0.3 is 14.4 Å². The molecule has 41 heavy (non-hydrogen) atoms. The summed E-state index contributed by atoms with van der Waals surface area (Å²) in [5, 5.41) is 13.9. The Morgan fingerprint density at radius 3 is 2.41 bits per heavy atom. The van der Waals surface area contributed by atoms with Crippen LogP contribution in [0.4, 0.5) is 0 Å². The molecule has 1 saturated heterocycles. The number of piperidine rings is 1. The van der Waals surface area contributed by atoms with Crippen LogP contribution in [0.15, 0.2) is 84.9 Å². The van der Waals surface area contributed by atoms with Gasteiger partial charge in [0.25, 0.3) is 0 Å². The van der Waals surface area contributed by atoms with Gasteiger partial charge in [-0.1, -0.05) is 79.7 Å². The van der Waals surface area contributed by atoms with Crippen LogP contribution in [0.25, 0.3) is 32.8 Å². The smallest absolute Gasteiger partial charge is 0.352 e. The predicted molar refractivity (Wildman–Crippen MR) is 167 cm³/mol. The molecular formula is C36H38N2O3. The summed E-state index contributed by atoms with van der Waals surface area (Å²) in [5.74, 6) is 0.712. The highest BCUT2D eigenvalue weighted by Crippen LogP contribution is 2.38. The van der Waals surface area contributed by atoms with Crippen LogP contribution in [-0.4, -0.2) is 40.2 Å². The van der Waals surface area contributed by atoms with E-state index < -0.39 is 5.97 Å². The van der Waals surface area contributed by atoms with Crippen molar-refractivity contribution in [3.8, 4) is 16.9 Å². The van der Waals surface area contributed by atoms with E-state index in [4.69, 9.17) is 4.74 Å². The van der Waals surface area contributed by atoms with E-state index in [0.717, 1.165) is 76.0 Å². The normalized spacial score (nSPS) is 14.6. The van der Waals surface area contributed by atoms with Gasteiger partial charge in [0.1, 0.15) is 11.4 Å². The Morgan fingerprint density at radius 1 is 0.902 bits per heavy atom. The number of hydrogen-bond acceptors (Lipinski definition) is 3. The summed E-state index contributed by atoms with van der Waals surface area (Å²) in [6, 6.07) is 29.0. The SMILES string of the molecule is Cc1ccccc1-c1cccc2c1c(CN1CCC(C)CC1)c(C(=O)O)n2CCCOc1cccc2ccccc12. The Kier molecular flexibility index (Phi) is 7.80. The molecule has 0 atom stereocenters. The molecule has 1 fully saturated rings. The first-order chi connectivity index (χ1) is 20.0. The molecule has 1 aliphatic rings. The van der Waals surface area contributed by atoms with Crippen LogP contribution in [0.3, 0.4) is 0 Å². The predicted octanol–water partition coefficient (Wildman–Crippen LogP) is 8.17. The number of aryl methyl sites for hydroxylation is 2. The monoisotopic (exact) mass is 546 g/mol. The van der Waals surface area contributed by atoms with E-state index in [1.807, 2.05) is 28.8 Å². The molecule has 4 aromatic carbocycles. The number of aromatic carboxylic acids is 1. The Bertz CT molecular complexity index is 1690. The van der Waals surface area contributed by atoms with Crippen molar-refractivity contribution in [3.63, 3.8) is 0 Å². The number of nitrogens with zero attached hydrogens (tertiary/aromatic N) is 2. The van der Waals surface area contributed by atoms with Crippen molar-refractivity contribution in [1.29, 1.82) is 0 Å². The van der Waals surface area contributed by atoms with Gasteiger partial charge in [0.2, 0.25) is 0 Å².